The molecule has 3 aromatic carbocycles. The second-order valence-electron chi connectivity index (χ2n) is 7.59. The van der Waals surface area contributed by atoms with Crippen LogP contribution < -0.4 is 5.56 Å². The third-order valence-electron chi connectivity index (χ3n) is 5.38. The molecule has 168 valence electrons. The van der Waals surface area contributed by atoms with Gasteiger partial charge in [0.2, 0.25) is 0 Å². The lowest BCUT2D eigenvalue weighted by Crippen LogP contribution is -2.22. The van der Waals surface area contributed by atoms with E-state index >= 15 is 0 Å². The zero-order valence-corrected chi connectivity index (χ0v) is 17.3. The van der Waals surface area contributed by atoms with E-state index in [9.17, 15) is 22.8 Å². The maximum atomic E-state index is 13.0. The van der Waals surface area contributed by atoms with Crippen molar-refractivity contribution in [1.82, 2.24) is 9.55 Å². The highest BCUT2D eigenvalue weighted by atomic mass is 19.4. The number of rotatable bonds is 6. The SMILES string of the molecule is O=C(CO)c1ccc2ncn(CCc3cccc(-c4cccc(C(F)(F)F)c4)c3)c(=O)c2c1. The zero-order valence-electron chi connectivity index (χ0n) is 17.3. The lowest BCUT2D eigenvalue weighted by Gasteiger charge is -2.11. The molecule has 0 unspecified atom stereocenters. The molecule has 0 amide bonds. The van der Waals surface area contributed by atoms with Crippen molar-refractivity contribution in [1.29, 1.82) is 0 Å². The molecule has 0 aliphatic heterocycles. The summed E-state index contributed by atoms with van der Waals surface area (Å²) in [5.74, 6) is -0.488. The first-order chi connectivity index (χ1) is 15.8. The van der Waals surface area contributed by atoms with Gasteiger partial charge in [0.25, 0.3) is 5.56 Å². The highest BCUT2D eigenvalue weighted by molar-refractivity contribution is 5.99. The summed E-state index contributed by atoms with van der Waals surface area (Å²) in [7, 11) is 0. The minimum Gasteiger partial charge on any atom is -0.388 e. The molecule has 1 aromatic heterocycles. The van der Waals surface area contributed by atoms with E-state index in [0.717, 1.165) is 17.7 Å². The Morgan fingerprint density at radius 1 is 0.970 bits per heavy atom. The molecule has 0 aliphatic rings. The first-order valence-electron chi connectivity index (χ1n) is 10.2. The van der Waals surface area contributed by atoms with Crippen LogP contribution in [0.15, 0.2) is 77.9 Å². The highest BCUT2D eigenvalue weighted by Crippen LogP contribution is 2.32. The molecule has 0 fully saturated rings. The van der Waals surface area contributed by atoms with Gasteiger partial charge in [0.15, 0.2) is 5.78 Å². The minimum absolute atomic E-state index is 0.232. The molecule has 0 radical (unpaired) electrons. The molecule has 0 saturated carbocycles. The second kappa shape index (κ2) is 8.99. The number of aliphatic hydroxyl groups is 1. The van der Waals surface area contributed by atoms with Crippen LogP contribution in [0, 0.1) is 0 Å². The number of hydrogen-bond acceptors (Lipinski definition) is 4. The van der Waals surface area contributed by atoms with Crippen molar-refractivity contribution in [2.75, 3.05) is 6.61 Å². The van der Waals surface area contributed by atoms with Gasteiger partial charge in [-0.15, -0.1) is 0 Å². The van der Waals surface area contributed by atoms with Crippen molar-refractivity contribution >= 4 is 16.7 Å². The molecule has 0 saturated heterocycles. The van der Waals surface area contributed by atoms with Gasteiger partial charge in [0.05, 0.1) is 22.8 Å². The fourth-order valence-electron chi connectivity index (χ4n) is 3.61. The number of nitrogens with zero attached hydrogens (tertiary/aromatic N) is 2. The first kappa shape index (κ1) is 22.4. The third kappa shape index (κ3) is 4.85. The average Bonchev–Trinajstić information content (AvgIpc) is 2.83. The van der Waals surface area contributed by atoms with Crippen LogP contribution in [0.5, 0.6) is 0 Å². The Kier molecular flexibility index (Phi) is 6.11. The Bertz CT molecular complexity index is 1390. The number of fused-ring (bicyclic) bond motifs is 1. The van der Waals surface area contributed by atoms with Crippen molar-refractivity contribution in [2.45, 2.75) is 19.1 Å². The van der Waals surface area contributed by atoms with Crippen molar-refractivity contribution in [2.24, 2.45) is 0 Å². The number of alkyl halides is 3. The number of carbonyl (C=O) groups is 1. The lowest BCUT2D eigenvalue weighted by atomic mass is 10.00. The van der Waals surface area contributed by atoms with Gasteiger partial charge in [-0.2, -0.15) is 13.2 Å². The Morgan fingerprint density at radius 3 is 2.42 bits per heavy atom. The van der Waals surface area contributed by atoms with Gasteiger partial charge in [-0.1, -0.05) is 36.4 Å². The molecule has 33 heavy (non-hydrogen) atoms. The summed E-state index contributed by atoms with van der Waals surface area (Å²) in [6, 6.07) is 16.8. The van der Waals surface area contributed by atoms with Crippen LogP contribution in [0.2, 0.25) is 0 Å². The van der Waals surface area contributed by atoms with Crippen molar-refractivity contribution in [3.05, 3.63) is 100 Å². The smallest absolute Gasteiger partial charge is 0.388 e. The molecular weight excluding hydrogens is 433 g/mol. The molecule has 1 heterocycles. The van der Waals surface area contributed by atoms with Gasteiger partial charge in [0.1, 0.15) is 6.61 Å². The molecule has 4 aromatic rings. The highest BCUT2D eigenvalue weighted by Gasteiger charge is 2.30. The van der Waals surface area contributed by atoms with E-state index < -0.39 is 24.1 Å². The first-order valence-corrected chi connectivity index (χ1v) is 10.2. The summed E-state index contributed by atoms with van der Waals surface area (Å²) in [5.41, 5.74) is 1.60. The lowest BCUT2D eigenvalue weighted by molar-refractivity contribution is -0.137. The Hall–Kier alpha value is -3.78. The van der Waals surface area contributed by atoms with Crippen molar-refractivity contribution in [3.8, 4) is 11.1 Å². The number of ketones is 1. The van der Waals surface area contributed by atoms with Crippen LogP contribution in [-0.4, -0.2) is 27.0 Å². The standard InChI is InChI=1S/C25H19F3N2O3/c26-25(27,28)20-6-2-5-18(12-20)17-4-1-3-16(11-17)9-10-30-15-29-22-8-7-19(23(32)14-31)13-21(22)24(30)33/h1-8,11-13,15,31H,9-10,14H2. The molecule has 0 spiro atoms. The summed E-state index contributed by atoms with van der Waals surface area (Å²) in [6.45, 7) is -0.353. The fourth-order valence-corrected chi connectivity index (χ4v) is 3.61. The average molecular weight is 452 g/mol. The van der Waals surface area contributed by atoms with Crippen molar-refractivity contribution in [3.63, 3.8) is 0 Å². The maximum Gasteiger partial charge on any atom is 0.416 e. The van der Waals surface area contributed by atoms with E-state index in [2.05, 4.69) is 4.98 Å². The number of aryl methyl sites for hydroxylation is 2. The minimum atomic E-state index is -4.42. The molecule has 0 atom stereocenters. The van der Waals surface area contributed by atoms with Crippen LogP contribution in [0.1, 0.15) is 21.5 Å². The molecule has 1 N–H and O–H groups in total. The summed E-state index contributed by atoms with van der Waals surface area (Å²) >= 11 is 0. The van der Waals surface area contributed by atoms with Gasteiger partial charge < -0.3 is 5.11 Å². The van der Waals surface area contributed by atoms with Crippen LogP contribution >= 0.6 is 0 Å². The summed E-state index contributed by atoms with van der Waals surface area (Å²) in [5, 5.41) is 9.32. The van der Waals surface area contributed by atoms with E-state index in [1.807, 2.05) is 6.07 Å². The predicted octanol–water partition coefficient (Wildman–Crippen LogP) is 4.50. The third-order valence-corrected chi connectivity index (χ3v) is 5.38. The molecule has 4 rings (SSSR count). The number of hydrogen-bond donors (Lipinski definition) is 1. The quantitative estimate of drug-likeness (QED) is 0.438. The van der Waals surface area contributed by atoms with E-state index in [0.29, 0.717) is 29.6 Å². The van der Waals surface area contributed by atoms with Crippen LogP contribution in [-0.2, 0) is 19.1 Å². The molecule has 8 heteroatoms. The Balaban J connectivity index is 1.58. The Morgan fingerprint density at radius 2 is 1.70 bits per heavy atom. The topological polar surface area (TPSA) is 72.2 Å². The predicted molar refractivity (Wildman–Crippen MR) is 118 cm³/mol. The number of carbonyl (C=O) groups excluding carboxylic acids is 1. The molecule has 0 aliphatic carbocycles. The van der Waals surface area contributed by atoms with E-state index in [1.54, 1.807) is 30.3 Å². The van der Waals surface area contributed by atoms with E-state index in [1.165, 1.54) is 29.1 Å². The number of aromatic nitrogens is 2. The number of Topliss-reactive ketones (excluding diaryl/α,β-unsaturated/α-hetero) is 1. The van der Waals surface area contributed by atoms with Gasteiger partial charge >= 0.3 is 6.18 Å². The monoisotopic (exact) mass is 452 g/mol. The molecule has 0 bridgehead atoms. The van der Waals surface area contributed by atoms with Crippen LogP contribution in [0.3, 0.4) is 0 Å². The molecule has 5 nitrogen and oxygen atoms in total. The maximum absolute atomic E-state index is 13.0. The summed E-state index contributed by atoms with van der Waals surface area (Å²) < 4.78 is 40.5. The van der Waals surface area contributed by atoms with Gasteiger partial charge in [0, 0.05) is 12.1 Å². The number of benzene rings is 3. The molecular formula is C25H19F3N2O3. The van der Waals surface area contributed by atoms with Crippen molar-refractivity contribution < 1.29 is 23.1 Å². The number of aliphatic hydroxyl groups excluding tert-OH is 1. The normalized spacial score (nSPS) is 11.6. The summed E-state index contributed by atoms with van der Waals surface area (Å²) in [4.78, 5) is 28.9. The zero-order chi connectivity index (χ0) is 23.6. The van der Waals surface area contributed by atoms with Gasteiger partial charge in [-0.05, 0) is 53.4 Å². The van der Waals surface area contributed by atoms with E-state index in [4.69, 9.17) is 5.11 Å². The van der Waals surface area contributed by atoms with E-state index in [-0.39, 0.29) is 16.5 Å². The van der Waals surface area contributed by atoms with Gasteiger partial charge in [-0.3, -0.25) is 14.2 Å². The summed E-state index contributed by atoms with van der Waals surface area (Å²) in [6.07, 6.45) is -2.54. The van der Waals surface area contributed by atoms with Crippen LogP contribution in [0.25, 0.3) is 22.0 Å². The Labute approximate surface area is 186 Å². The largest absolute Gasteiger partial charge is 0.416 e. The van der Waals surface area contributed by atoms with Crippen LogP contribution in [0.4, 0.5) is 13.2 Å². The second-order valence-corrected chi connectivity index (χ2v) is 7.59. The van der Waals surface area contributed by atoms with Gasteiger partial charge in [-0.25, -0.2) is 4.98 Å². The number of halogens is 3. The fraction of sp³-hybridized carbons (Fsp3) is 0.160.